The van der Waals surface area contributed by atoms with Crippen molar-refractivity contribution in [2.24, 2.45) is 3.95 Å². The van der Waals surface area contributed by atoms with Crippen LogP contribution in [0, 0.1) is 0 Å². The predicted molar refractivity (Wildman–Crippen MR) is 102 cm³/mol. The van der Waals surface area contributed by atoms with E-state index in [4.69, 9.17) is 8.68 Å². The standard InChI is InChI=1S/C14H26IN4O3.2C2H6/c1-12(20)10-22-14(21)19-4-2-13(3-5-19)18-8-6-17(7-9-18)11-15-16;2*1-2/h13H,2-11,16H2,1H3;2*1-2H3/q-1;;. The van der Waals surface area contributed by atoms with E-state index >= 15 is 0 Å². The van der Waals surface area contributed by atoms with E-state index in [1.54, 1.807) is 4.90 Å². The molecule has 156 valence electrons. The van der Waals surface area contributed by atoms with E-state index in [0.717, 1.165) is 56.7 Å². The molecular formula is C18H38IN4O3-. The molecule has 0 aromatic heterocycles. The molecule has 2 aliphatic heterocycles. The van der Waals surface area contributed by atoms with Gasteiger partial charge in [-0.25, -0.2) is 0 Å². The Morgan fingerprint density at radius 1 is 1.00 bits per heavy atom. The van der Waals surface area contributed by atoms with Gasteiger partial charge in [-0.3, -0.25) is 4.79 Å². The Bertz CT molecular complexity index is 383. The monoisotopic (exact) mass is 485 g/mol. The molecule has 0 aliphatic carbocycles. The SMILES string of the molecule is CC.CC.CC(=O)COC(=O)N1CCC(N2CCN(C[I-]N)CC2)CC1. The molecule has 0 atom stereocenters. The molecule has 1 amide bonds. The number of piperidine rings is 1. The molecule has 0 bridgehead atoms. The molecule has 2 aliphatic rings. The minimum atomic E-state index is -0.356. The van der Waals surface area contributed by atoms with Crippen LogP contribution in [0.3, 0.4) is 0 Å². The molecule has 2 saturated heterocycles. The molecule has 2 rings (SSSR count). The summed E-state index contributed by atoms with van der Waals surface area (Å²) in [5.74, 6) is -0.124. The number of hydrogen-bond acceptors (Lipinski definition) is 6. The fourth-order valence-corrected chi connectivity index (χ4v) is 4.25. The molecule has 26 heavy (non-hydrogen) atoms. The second kappa shape index (κ2) is 15.6. The minimum absolute atomic E-state index is 0.121. The van der Waals surface area contributed by atoms with Crippen LogP contribution in [-0.2, 0) is 9.53 Å². The summed E-state index contributed by atoms with van der Waals surface area (Å²) in [6.45, 7) is 15.2. The molecule has 0 unspecified atom stereocenters. The molecule has 2 N–H and O–H groups in total. The zero-order valence-electron chi connectivity index (χ0n) is 17.2. The van der Waals surface area contributed by atoms with E-state index in [0.29, 0.717) is 6.04 Å². The van der Waals surface area contributed by atoms with Gasteiger partial charge in [0.1, 0.15) is 0 Å². The van der Waals surface area contributed by atoms with Gasteiger partial charge in [0.15, 0.2) is 5.78 Å². The van der Waals surface area contributed by atoms with Crippen LogP contribution in [0.15, 0.2) is 0 Å². The van der Waals surface area contributed by atoms with Crippen molar-refractivity contribution in [1.29, 1.82) is 0 Å². The molecule has 0 radical (unpaired) electrons. The van der Waals surface area contributed by atoms with E-state index in [2.05, 4.69) is 9.80 Å². The van der Waals surface area contributed by atoms with Crippen LogP contribution in [0.25, 0.3) is 0 Å². The van der Waals surface area contributed by atoms with Crippen LogP contribution in [0.2, 0.25) is 0 Å². The third-order valence-electron chi connectivity index (χ3n) is 4.28. The van der Waals surface area contributed by atoms with Gasteiger partial charge in [-0.2, -0.15) is 0 Å². The average molecular weight is 485 g/mol. The van der Waals surface area contributed by atoms with E-state index in [1.807, 2.05) is 27.7 Å². The number of rotatable bonds is 5. The number of hydrogen-bond donors (Lipinski definition) is 1. The van der Waals surface area contributed by atoms with Crippen molar-refractivity contribution in [2.45, 2.75) is 53.5 Å². The fraction of sp³-hybridized carbons (Fsp3) is 0.889. The summed E-state index contributed by atoms with van der Waals surface area (Å²) < 4.78 is 11.8. The number of Topliss-reactive ketones (excluding diaryl/α,β-unsaturated/α-hetero) is 1. The summed E-state index contributed by atoms with van der Waals surface area (Å²) >= 11 is -0.145. The molecule has 2 heterocycles. The Labute approximate surface area is 170 Å². The van der Waals surface area contributed by atoms with Crippen molar-refractivity contribution < 1.29 is 35.8 Å². The van der Waals surface area contributed by atoms with Gasteiger partial charge in [0, 0.05) is 0 Å². The van der Waals surface area contributed by atoms with Crippen LogP contribution < -0.4 is 25.4 Å². The van der Waals surface area contributed by atoms with Crippen LogP contribution >= 0.6 is 0 Å². The van der Waals surface area contributed by atoms with Crippen LogP contribution in [0.5, 0.6) is 0 Å². The van der Waals surface area contributed by atoms with Crippen molar-refractivity contribution in [2.75, 3.05) is 50.4 Å². The quantitative estimate of drug-likeness (QED) is 0.228. The van der Waals surface area contributed by atoms with E-state index in [1.165, 1.54) is 6.92 Å². The van der Waals surface area contributed by atoms with Crippen molar-refractivity contribution in [3.63, 3.8) is 0 Å². The molecule has 7 nitrogen and oxygen atoms in total. The van der Waals surface area contributed by atoms with Gasteiger partial charge in [-0.1, -0.05) is 27.7 Å². The number of carbonyl (C=O) groups is 2. The number of alkyl halides is 1. The van der Waals surface area contributed by atoms with Crippen LogP contribution in [0.1, 0.15) is 47.5 Å². The second-order valence-corrected chi connectivity index (χ2v) is 7.47. The Morgan fingerprint density at radius 2 is 1.54 bits per heavy atom. The zero-order chi connectivity index (χ0) is 19.9. The number of likely N-dealkylation sites (tertiary alicyclic amines) is 1. The zero-order valence-corrected chi connectivity index (χ0v) is 19.3. The molecule has 0 spiro atoms. The van der Waals surface area contributed by atoms with Crippen molar-refractivity contribution in [3.05, 3.63) is 0 Å². The van der Waals surface area contributed by atoms with Crippen LogP contribution in [-0.4, -0.2) is 83.0 Å². The van der Waals surface area contributed by atoms with Gasteiger partial charge in [0.25, 0.3) is 0 Å². The maximum atomic E-state index is 11.8. The fourth-order valence-electron chi connectivity index (χ4n) is 3.01. The number of halogens is 1. The summed E-state index contributed by atoms with van der Waals surface area (Å²) in [5, 5.41) is 0. The number of piperazine rings is 1. The third-order valence-corrected chi connectivity index (χ3v) is 5.64. The van der Waals surface area contributed by atoms with Crippen LogP contribution in [0.4, 0.5) is 4.79 Å². The molecule has 0 aromatic rings. The van der Waals surface area contributed by atoms with Gasteiger partial charge >= 0.3 is 125 Å². The number of nitrogens with zero attached hydrogens (tertiary/aromatic N) is 3. The second-order valence-electron chi connectivity index (χ2n) is 5.90. The van der Waals surface area contributed by atoms with Gasteiger partial charge < -0.3 is 0 Å². The number of nitrogens with two attached hydrogens (primary N) is 1. The average Bonchev–Trinajstić information content (AvgIpc) is 2.70. The summed E-state index contributed by atoms with van der Waals surface area (Å²) in [7, 11) is 0. The van der Waals surface area contributed by atoms with E-state index in [-0.39, 0.29) is 40.0 Å². The number of amides is 1. The van der Waals surface area contributed by atoms with Gasteiger partial charge in [0.2, 0.25) is 0 Å². The molecule has 0 saturated carbocycles. The molecule has 0 aromatic carbocycles. The first kappa shape index (κ1) is 25.6. The Morgan fingerprint density at radius 3 is 2.00 bits per heavy atom. The Kier molecular flexibility index (Phi) is 15.3. The Balaban J connectivity index is 0.00000146. The third kappa shape index (κ3) is 9.48. The van der Waals surface area contributed by atoms with E-state index in [9.17, 15) is 9.59 Å². The van der Waals surface area contributed by atoms with Gasteiger partial charge in [-0.15, -0.1) is 0 Å². The molecule has 8 heteroatoms. The first-order valence-corrected chi connectivity index (χ1v) is 12.5. The normalized spacial score (nSPS) is 19.1. The number of ether oxygens (including phenoxy) is 1. The number of ketones is 1. The summed E-state index contributed by atoms with van der Waals surface area (Å²) in [6, 6.07) is 0.562. The molecular weight excluding hydrogens is 447 g/mol. The number of carbonyl (C=O) groups excluding carboxylic acids is 2. The summed E-state index contributed by atoms with van der Waals surface area (Å²) in [5.41, 5.74) is 0. The molecule has 2 fully saturated rings. The maximum absolute atomic E-state index is 11.8. The predicted octanol–water partition coefficient (Wildman–Crippen LogP) is -1.23. The van der Waals surface area contributed by atoms with Gasteiger partial charge in [0.05, 0.1) is 0 Å². The Hall–Kier alpha value is -0.450. The first-order chi connectivity index (χ1) is 12.6. The topological polar surface area (TPSA) is 79.1 Å². The van der Waals surface area contributed by atoms with Crippen molar-refractivity contribution in [3.8, 4) is 0 Å². The summed E-state index contributed by atoms with van der Waals surface area (Å²) in [6.07, 6.45) is 1.61. The van der Waals surface area contributed by atoms with Crippen molar-refractivity contribution in [1.82, 2.24) is 14.7 Å². The van der Waals surface area contributed by atoms with Crippen molar-refractivity contribution >= 4 is 11.9 Å². The van der Waals surface area contributed by atoms with Gasteiger partial charge in [-0.05, 0) is 6.92 Å². The summed E-state index contributed by atoms with van der Waals surface area (Å²) in [4.78, 5) is 29.4. The van der Waals surface area contributed by atoms with E-state index < -0.39 is 0 Å². The first-order valence-electron chi connectivity index (χ1n) is 9.75.